The van der Waals surface area contributed by atoms with Crippen LogP contribution >= 0.6 is 0 Å². The SMILES string of the molecule is COC[C@@H](O)CN(C)[C@@H]1CCN(c2ccccc2)C1=O. The van der Waals surface area contributed by atoms with E-state index in [-0.39, 0.29) is 18.6 Å². The van der Waals surface area contributed by atoms with Crippen LogP contribution in [0.5, 0.6) is 0 Å². The summed E-state index contributed by atoms with van der Waals surface area (Å²) in [5.41, 5.74) is 0.936. The van der Waals surface area contributed by atoms with Crippen molar-refractivity contribution in [2.24, 2.45) is 0 Å². The molecule has 2 atom stereocenters. The summed E-state index contributed by atoms with van der Waals surface area (Å²) < 4.78 is 4.91. The quantitative estimate of drug-likeness (QED) is 0.833. The molecule has 5 heteroatoms. The number of carbonyl (C=O) groups excluding carboxylic acids is 1. The Hall–Kier alpha value is -1.43. The summed E-state index contributed by atoms with van der Waals surface area (Å²) in [7, 11) is 3.43. The topological polar surface area (TPSA) is 53.0 Å². The van der Waals surface area contributed by atoms with E-state index in [0.29, 0.717) is 6.54 Å². The number of methoxy groups -OCH3 is 1. The Balaban J connectivity index is 1.97. The van der Waals surface area contributed by atoms with Crippen LogP contribution in [-0.4, -0.2) is 61.9 Å². The average Bonchev–Trinajstić information content (AvgIpc) is 2.82. The maximum atomic E-state index is 12.5. The third kappa shape index (κ3) is 3.36. The fourth-order valence-corrected chi connectivity index (χ4v) is 2.64. The number of hydrogen-bond acceptors (Lipinski definition) is 4. The lowest BCUT2D eigenvalue weighted by molar-refractivity contribution is -0.121. The monoisotopic (exact) mass is 278 g/mol. The Kier molecular flexibility index (Phi) is 5.11. The number of anilines is 1. The second kappa shape index (κ2) is 6.83. The van der Waals surface area contributed by atoms with E-state index in [0.717, 1.165) is 18.7 Å². The molecule has 1 aromatic carbocycles. The lowest BCUT2D eigenvalue weighted by Gasteiger charge is -2.25. The van der Waals surface area contributed by atoms with Crippen molar-refractivity contribution in [3.63, 3.8) is 0 Å². The van der Waals surface area contributed by atoms with Gasteiger partial charge in [-0.2, -0.15) is 0 Å². The molecule has 1 aliphatic rings. The Bertz CT molecular complexity index is 438. The van der Waals surface area contributed by atoms with Crippen molar-refractivity contribution in [3.8, 4) is 0 Å². The van der Waals surface area contributed by atoms with Crippen LogP contribution in [0.4, 0.5) is 5.69 Å². The molecule has 1 fully saturated rings. The van der Waals surface area contributed by atoms with Crippen LogP contribution in [0.15, 0.2) is 30.3 Å². The van der Waals surface area contributed by atoms with Crippen LogP contribution in [-0.2, 0) is 9.53 Å². The first kappa shape index (κ1) is 15.0. The normalized spacial score (nSPS) is 20.7. The Morgan fingerprint density at radius 1 is 1.45 bits per heavy atom. The second-order valence-electron chi connectivity index (χ2n) is 5.18. The number of aliphatic hydroxyl groups is 1. The van der Waals surface area contributed by atoms with Gasteiger partial charge in [0.2, 0.25) is 5.91 Å². The maximum absolute atomic E-state index is 12.5. The third-order valence-electron chi connectivity index (χ3n) is 3.63. The predicted octanol–water partition coefficient (Wildman–Crippen LogP) is 0.731. The molecule has 1 saturated heterocycles. The van der Waals surface area contributed by atoms with Gasteiger partial charge in [-0.3, -0.25) is 9.69 Å². The van der Waals surface area contributed by atoms with E-state index < -0.39 is 6.10 Å². The minimum absolute atomic E-state index is 0.100. The van der Waals surface area contributed by atoms with Gasteiger partial charge in [0.25, 0.3) is 0 Å². The van der Waals surface area contributed by atoms with Gasteiger partial charge in [0.15, 0.2) is 0 Å². The van der Waals surface area contributed by atoms with Gasteiger partial charge in [0, 0.05) is 25.9 Å². The van der Waals surface area contributed by atoms with Crippen LogP contribution < -0.4 is 4.90 Å². The Morgan fingerprint density at radius 3 is 2.80 bits per heavy atom. The van der Waals surface area contributed by atoms with Gasteiger partial charge in [0.05, 0.1) is 18.8 Å². The molecule has 20 heavy (non-hydrogen) atoms. The summed E-state index contributed by atoms with van der Waals surface area (Å²) in [6.45, 7) is 1.44. The Morgan fingerprint density at radius 2 is 2.15 bits per heavy atom. The molecular formula is C15H22N2O3. The average molecular weight is 278 g/mol. The van der Waals surface area contributed by atoms with Crippen molar-refractivity contribution >= 4 is 11.6 Å². The van der Waals surface area contributed by atoms with E-state index in [1.807, 2.05) is 47.2 Å². The van der Waals surface area contributed by atoms with Gasteiger partial charge in [0.1, 0.15) is 0 Å². The zero-order chi connectivity index (χ0) is 14.5. The zero-order valence-electron chi connectivity index (χ0n) is 12.0. The first-order chi connectivity index (χ1) is 9.63. The van der Waals surface area contributed by atoms with Crippen molar-refractivity contribution < 1.29 is 14.6 Å². The van der Waals surface area contributed by atoms with Crippen LogP contribution in [0.25, 0.3) is 0 Å². The molecular weight excluding hydrogens is 256 g/mol. The lowest BCUT2D eigenvalue weighted by Crippen LogP contribution is -2.43. The smallest absolute Gasteiger partial charge is 0.244 e. The first-order valence-corrected chi connectivity index (χ1v) is 6.87. The number of hydrogen-bond donors (Lipinski definition) is 1. The number of ether oxygens (including phenoxy) is 1. The van der Waals surface area contributed by atoms with Gasteiger partial charge in [-0.25, -0.2) is 0 Å². The molecule has 0 aliphatic carbocycles. The number of benzene rings is 1. The summed E-state index contributed by atoms with van der Waals surface area (Å²) in [5.74, 6) is 0.100. The van der Waals surface area contributed by atoms with Crippen LogP contribution in [0.2, 0.25) is 0 Å². The van der Waals surface area contributed by atoms with Crippen LogP contribution in [0, 0.1) is 0 Å². The zero-order valence-corrected chi connectivity index (χ0v) is 12.0. The van der Waals surface area contributed by atoms with Crippen LogP contribution in [0.3, 0.4) is 0 Å². The summed E-state index contributed by atoms with van der Waals surface area (Å²) in [5, 5.41) is 9.76. The minimum atomic E-state index is -0.566. The molecule has 0 spiro atoms. The summed E-state index contributed by atoms with van der Waals surface area (Å²) in [6, 6.07) is 9.53. The molecule has 0 saturated carbocycles. The van der Waals surface area contributed by atoms with Crippen molar-refractivity contribution in [3.05, 3.63) is 30.3 Å². The maximum Gasteiger partial charge on any atom is 0.244 e. The van der Waals surface area contributed by atoms with E-state index >= 15 is 0 Å². The Labute approximate surface area is 119 Å². The molecule has 5 nitrogen and oxygen atoms in total. The largest absolute Gasteiger partial charge is 0.389 e. The molecule has 1 heterocycles. The van der Waals surface area contributed by atoms with Gasteiger partial charge < -0.3 is 14.7 Å². The van der Waals surface area contributed by atoms with E-state index in [2.05, 4.69) is 0 Å². The summed E-state index contributed by atoms with van der Waals surface area (Å²) in [6.07, 6.45) is 0.216. The number of aliphatic hydroxyl groups excluding tert-OH is 1. The molecule has 0 aromatic heterocycles. The third-order valence-corrected chi connectivity index (χ3v) is 3.63. The standard InChI is InChI=1S/C15H22N2O3/c1-16(10-13(18)11-20-2)14-8-9-17(15(14)19)12-6-4-3-5-7-12/h3-7,13-14,18H,8-11H2,1-2H3/t13-,14+/m0/s1. The van der Waals surface area contributed by atoms with E-state index in [4.69, 9.17) is 4.74 Å². The van der Waals surface area contributed by atoms with Gasteiger partial charge in [-0.05, 0) is 25.6 Å². The highest BCUT2D eigenvalue weighted by atomic mass is 16.5. The molecule has 2 rings (SSSR count). The van der Waals surface area contributed by atoms with Gasteiger partial charge in [-0.15, -0.1) is 0 Å². The second-order valence-corrected chi connectivity index (χ2v) is 5.18. The summed E-state index contributed by atoms with van der Waals surface area (Å²) >= 11 is 0. The number of amides is 1. The van der Waals surface area contributed by atoms with E-state index in [1.54, 1.807) is 7.11 Å². The number of carbonyl (C=O) groups is 1. The van der Waals surface area contributed by atoms with Gasteiger partial charge >= 0.3 is 0 Å². The van der Waals surface area contributed by atoms with Crippen molar-refractivity contribution in [1.82, 2.24) is 4.90 Å². The number of likely N-dealkylation sites (N-methyl/N-ethyl adjacent to an activating group) is 1. The molecule has 1 aliphatic heterocycles. The summed E-state index contributed by atoms with van der Waals surface area (Å²) in [4.78, 5) is 16.2. The van der Waals surface area contributed by atoms with Crippen molar-refractivity contribution in [1.29, 1.82) is 0 Å². The molecule has 0 bridgehead atoms. The number of nitrogens with zero attached hydrogens (tertiary/aromatic N) is 2. The molecule has 0 radical (unpaired) electrons. The first-order valence-electron chi connectivity index (χ1n) is 6.87. The molecule has 1 aromatic rings. The highest BCUT2D eigenvalue weighted by Gasteiger charge is 2.35. The fourth-order valence-electron chi connectivity index (χ4n) is 2.64. The fraction of sp³-hybridized carbons (Fsp3) is 0.533. The van der Waals surface area contributed by atoms with Crippen molar-refractivity contribution in [2.45, 2.75) is 18.6 Å². The minimum Gasteiger partial charge on any atom is -0.389 e. The lowest BCUT2D eigenvalue weighted by atomic mass is 10.2. The molecule has 110 valence electrons. The van der Waals surface area contributed by atoms with Crippen LogP contribution in [0.1, 0.15) is 6.42 Å². The molecule has 0 unspecified atom stereocenters. The highest BCUT2D eigenvalue weighted by molar-refractivity contribution is 5.99. The number of rotatable bonds is 6. The number of para-hydroxylation sites is 1. The van der Waals surface area contributed by atoms with E-state index in [9.17, 15) is 9.90 Å². The molecule has 1 amide bonds. The van der Waals surface area contributed by atoms with Gasteiger partial charge in [-0.1, -0.05) is 18.2 Å². The molecule has 1 N–H and O–H groups in total. The predicted molar refractivity (Wildman–Crippen MR) is 77.7 cm³/mol. The highest BCUT2D eigenvalue weighted by Crippen LogP contribution is 2.23. The van der Waals surface area contributed by atoms with Crippen molar-refractivity contribution in [2.75, 3.05) is 38.8 Å². The van der Waals surface area contributed by atoms with E-state index in [1.165, 1.54) is 0 Å².